The molecule has 17 heavy (non-hydrogen) atoms. The van der Waals surface area contributed by atoms with E-state index in [2.05, 4.69) is 24.1 Å². The maximum absolute atomic E-state index is 5.00. The Labute approximate surface area is 107 Å². The number of ether oxygens (including phenoxy) is 1. The van der Waals surface area contributed by atoms with Gasteiger partial charge in [0.1, 0.15) is 0 Å². The highest BCUT2D eigenvalue weighted by Crippen LogP contribution is 2.33. The smallest absolute Gasteiger partial charge is 0.0587 e. The molecule has 0 bridgehead atoms. The molecular formula is C14H30N2O. The Bertz CT molecular complexity index is 189. The van der Waals surface area contributed by atoms with Gasteiger partial charge in [-0.2, -0.15) is 0 Å². The van der Waals surface area contributed by atoms with Crippen LogP contribution in [0, 0.1) is 5.41 Å². The number of hydrogen-bond acceptors (Lipinski definition) is 3. The van der Waals surface area contributed by atoms with Crippen molar-refractivity contribution in [3.05, 3.63) is 0 Å². The molecule has 1 fully saturated rings. The lowest BCUT2D eigenvalue weighted by Crippen LogP contribution is -2.39. The average Bonchev–Trinajstić information content (AvgIpc) is 2.36. The number of hydrogen-bond donors (Lipinski definition) is 1. The van der Waals surface area contributed by atoms with E-state index in [1.807, 2.05) is 0 Å². The van der Waals surface area contributed by atoms with Crippen molar-refractivity contribution < 1.29 is 4.74 Å². The van der Waals surface area contributed by atoms with E-state index in [9.17, 15) is 0 Å². The predicted molar refractivity (Wildman–Crippen MR) is 73.4 cm³/mol. The molecule has 0 atom stereocenters. The summed E-state index contributed by atoms with van der Waals surface area (Å²) in [5.41, 5.74) is 0.618. The first-order valence-electron chi connectivity index (χ1n) is 7.12. The van der Waals surface area contributed by atoms with Crippen molar-refractivity contribution in [3.8, 4) is 0 Å². The van der Waals surface area contributed by atoms with Crippen LogP contribution in [-0.4, -0.2) is 51.3 Å². The molecule has 0 aromatic heterocycles. The van der Waals surface area contributed by atoms with Gasteiger partial charge in [-0.15, -0.1) is 0 Å². The van der Waals surface area contributed by atoms with Gasteiger partial charge in [-0.3, -0.25) is 0 Å². The number of nitrogens with one attached hydrogen (secondary N) is 1. The van der Waals surface area contributed by atoms with Gasteiger partial charge in [0.25, 0.3) is 0 Å². The molecule has 0 aromatic carbocycles. The largest absolute Gasteiger partial charge is 0.383 e. The summed E-state index contributed by atoms with van der Waals surface area (Å²) < 4.78 is 5.00. The summed E-state index contributed by atoms with van der Waals surface area (Å²) in [5.74, 6) is 0. The molecular weight excluding hydrogens is 212 g/mol. The fourth-order valence-corrected chi connectivity index (χ4v) is 2.40. The minimum atomic E-state index is 0.618. The van der Waals surface area contributed by atoms with Gasteiger partial charge in [-0.05, 0) is 50.9 Å². The number of rotatable bonds is 8. The Morgan fingerprint density at radius 2 is 1.94 bits per heavy atom. The van der Waals surface area contributed by atoms with Crippen molar-refractivity contribution in [2.45, 2.75) is 39.5 Å². The predicted octanol–water partition coefficient (Wildman–Crippen LogP) is 2.12. The fraction of sp³-hybridized carbons (Fsp3) is 1.00. The van der Waals surface area contributed by atoms with E-state index in [1.165, 1.54) is 45.3 Å². The summed E-state index contributed by atoms with van der Waals surface area (Å²) in [6.07, 6.45) is 5.34. The quantitative estimate of drug-likeness (QED) is 0.660. The number of likely N-dealkylation sites (tertiary alicyclic amines) is 1. The molecule has 1 aliphatic rings. The highest BCUT2D eigenvalue weighted by molar-refractivity contribution is 4.81. The molecule has 3 heteroatoms. The lowest BCUT2D eigenvalue weighted by molar-refractivity contribution is 0.113. The van der Waals surface area contributed by atoms with E-state index < -0.39 is 0 Å². The first kappa shape index (κ1) is 14.9. The maximum Gasteiger partial charge on any atom is 0.0587 e. The molecule has 1 rings (SSSR count). The van der Waals surface area contributed by atoms with Gasteiger partial charge >= 0.3 is 0 Å². The van der Waals surface area contributed by atoms with Crippen molar-refractivity contribution in [1.29, 1.82) is 0 Å². The Hall–Kier alpha value is -0.120. The van der Waals surface area contributed by atoms with Crippen molar-refractivity contribution >= 4 is 0 Å². The lowest BCUT2D eigenvalue weighted by Gasteiger charge is -2.39. The zero-order valence-electron chi connectivity index (χ0n) is 11.9. The maximum atomic E-state index is 5.00. The molecule has 0 saturated carbocycles. The third kappa shape index (κ3) is 5.84. The molecule has 3 nitrogen and oxygen atoms in total. The first-order valence-corrected chi connectivity index (χ1v) is 7.12. The van der Waals surface area contributed by atoms with Crippen LogP contribution in [-0.2, 0) is 4.74 Å². The summed E-state index contributed by atoms with van der Waals surface area (Å²) in [7, 11) is 1.75. The fourth-order valence-electron chi connectivity index (χ4n) is 2.40. The third-order valence-corrected chi connectivity index (χ3v) is 4.23. The van der Waals surface area contributed by atoms with Gasteiger partial charge in [0, 0.05) is 13.7 Å². The molecule has 1 aliphatic heterocycles. The second-order valence-electron chi connectivity index (χ2n) is 5.60. The second kappa shape index (κ2) is 8.06. The molecule has 0 unspecified atom stereocenters. The minimum absolute atomic E-state index is 0.618. The third-order valence-electron chi connectivity index (χ3n) is 4.23. The van der Waals surface area contributed by atoms with Crippen molar-refractivity contribution in [3.63, 3.8) is 0 Å². The van der Waals surface area contributed by atoms with Crippen LogP contribution < -0.4 is 5.32 Å². The summed E-state index contributed by atoms with van der Waals surface area (Å²) in [5, 5.41) is 3.40. The zero-order valence-corrected chi connectivity index (χ0v) is 11.9. The van der Waals surface area contributed by atoms with Crippen molar-refractivity contribution in [2.75, 3.05) is 46.4 Å². The van der Waals surface area contributed by atoms with Crippen molar-refractivity contribution in [2.24, 2.45) is 5.41 Å². The Balaban J connectivity index is 1.99. The van der Waals surface area contributed by atoms with Crippen LogP contribution in [0.15, 0.2) is 0 Å². The normalized spacial score (nSPS) is 20.6. The average molecular weight is 242 g/mol. The van der Waals surface area contributed by atoms with E-state index in [0.717, 1.165) is 19.7 Å². The van der Waals surface area contributed by atoms with E-state index >= 15 is 0 Å². The molecule has 1 N–H and O–H groups in total. The van der Waals surface area contributed by atoms with E-state index in [-0.39, 0.29) is 0 Å². The van der Waals surface area contributed by atoms with Gasteiger partial charge in [-0.1, -0.05) is 20.3 Å². The van der Waals surface area contributed by atoms with Crippen molar-refractivity contribution in [1.82, 2.24) is 10.2 Å². The van der Waals surface area contributed by atoms with Crippen LogP contribution in [0.4, 0.5) is 0 Å². The lowest BCUT2D eigenvalue weighted by atomic mass is 9.78. The zero-order chi connectivity index (χ0) is 12.6. The Morgan fingerprint density at radius 1 is 1.24 bits per heavy atom. The Morgan fingerprint density at radius 3 is 2.53 bits per heavy atom. The standard InChI is InChI=1S/C14H30N2O/c1-4-14(2)6-11-16(12-7-14)10-5-8-15-9-13-17-3/h15H,4-13H2,1-3H3. The Kier molecular flexibility index (Phi) is 7.09. The molecule has 102 valence electrons. The van der Waals surface area contributed by atoms with Crippen LogP contribution in [0.5, 0.6) is 0 Å². The van der Waals surface area contributed by atoms with E-state index in [1.54, 1.807) is 7.11 Å². The molecule has 1 saturated heterocycles. The van der Waals surface area contributed by atoms with E-state index in [0.29, 0.717) is 5.41 Å². The molecule has 0 aliphatic carbocycles. The number of nitrogens with zero attached hydrogens (tertiary/aromatic N) is 1. The highest BCUT2D eigenvalue weighted by atomic mass is 16.5. The monoisotopic (exact) mass is 242 g/mol. The van der Waals surface area contributed by atoms with Crippen LogP contribution in [0.2, 0.25) is 0 Å². The topological polar surface area (TPSA) is 24.5 Å². The van der Waals surface area contributed by atoms with Gasteiger partial charge in [0.2, 0.25) is 0 Å². The molecule has 0 aromatic rings. The molecule has 0 amide bonds. The van der Waals surface area contributed by atoms with Gasteiger partial charge in [0.15, 0.2) is 0 Å². The van der Waals surface area contributed by atoms with Crippen LogP contribution >= 0.6 is 0 Å². The van der Waals surface area contributed by atoms with Gasteiger partial charge < -0.3 is 15.0 Å². The summed E-state index contributed by atoms with van der Waals surface area (Å²) >= 11 is 0. The minimum Gasteiger partial charge on any atom is -0.383 e. The molecule has 0 radical (unpaired) electrons. The first-order chi connectivity index (χ1) is 8.20. The van der Waals surface area contributed by atoms with Gasteiger partial charge in [-0.25, -0.2) is 0 Å². The van der Waals surface area contributed by atoms with Crippen LogP contribution in [0.25, 0.3) is 0 Å². The highest BCUT2D eigenvalue weighted by Gasteiger charge is 2.27. The number of piperidine rings is 1. The van der Waals surface area contributed by atoms with Gasteiger partial charge in [0.05, 0.1) is 6.61 Å². The summed E-state index contributed by atoms with van der Waals surface area (Å²) in [6, 6.07) is 0. The SMILES string of the molecule is CCC1(C)CCN(CCCNCCOC)CC1. The molecule has 1 heterocycles. The van der Waals surface area contributed by atoms with Crippen LogP contribution in [0.1, 0.15) is 39.5 Å². The van der Waals surface area contributed by atoms with Crippen LogP contribution in [0.3, 0.4) is 0 Å². The second-order valence-corrected chi connectivity index (χ2v) is 5.60. The van der Waals surface area contributed by atoms with E-state index in [4.69, 9.17) is 4.74 Å². The summed E-state index contributed by atoms with van der Waals surface area (Å²) in [6.45, 7) is 11.5. The summed E-state index contributed by atoms with van der Waals surface area (Å²) in [4.78, 5) is 2.62. The number of methoxy groups -OCH3 is 1. The molecule has 0 spiro atoms.